The summed E-state index contributed by atoms with van der Waals surface area (Å²) in [6, 6.07) is 0. The van der Waals surface area contributed by atoms with Gasteiger partial charge >= 0.3 is 0 Å². The summed E-state index contributed by atoms with van der Waals surface area (Å²) >= 11 is 0. The lowest BCUT2D eigenvalue weighted by Crippen LogP contribution is -2.55. The van der Waals surface area contributed by atoms with Gasteiger partial charge in [0.2, 0.25) is 0 Å². The second kappa shape index (κ2) is 16.5. The third kappa shape index (κ3) is 11.2. The molecule has 0 aliphatic carbocycles. The first kappa shape index (κ1) is 24.6. The van der Waals surface area contributed by atoms with Gasteiger partial charge in [0.15, 0.2) is 0 Å². The zero-order valence-electron chi connectivity index (χ0n) is 17.2. The normalized spacial score (nSPS) is 26.1. The predicted octanol–water partition coefficient (Wildman–Crippen LogP) is 3.74. The van der Waals surface area contributed by atoms with Crippen LogP contribution in [0.3, 0.4) is 0 Å². The molecule has 5 nitrogen and oxygen atoms in total. The van der Waals surface area contributed by atoms with E-state index in [1.807, 2.05) is 0 Å². The number of aliphatic hydroxyl groups excluding tert-OH is 3. The van der Waals surface area contributed by atoms with Crippen molar-refractivity contribution in [3.63, 3.8) is 0 Å². The molecule has 0 radical (unpaired) electrons. The Kier molecular flexibility index (Phi) is 15.0. The third-order valence-electron chi connectivity index (χ3n) is 5.24. The number of allylic oxidation sites excluding steroid dienone is 1. The van der Waals surface area contributed by atoms with Crippen LogP contribution < -0.4 is 0 Å². The van der Waals surface area contributed by atoms with E-state index in [9.17, 15) is 10.2 Å². The van der Waals surface area contributed by atoms with Gasteiger partial charge < -0.3 is 24.8 Å². The maximum absolute atomic E-state index is 10.0. The standard InChI is InChI=1S/C22H42O5/c1-2-3-4-5-6-7-8-9-10-11-12-13-14-15-16-26-22-19(24)18-27-20(17-23)21(22)25/h13-14,19-25H,2-12,15-18H2,1H3/b14-13+/t19-,20+,21+,22+/m0/s1. The molecule has 27 heavy (non-hydrogen) atoms. The van der Waals surface area contributed by atoms with Gasteiger partial charge in [-0.05, 0) is 19.3 Å². The SMILES string of the molecule is CCCCCCCCCCCC/C=C/CCO[C@H]1[C@H](O)[C@@H](CO)OC[C@@H]1O. The Labute approximate surface area is 165 Å². The quantitative estimate of drug-likeness (QED) is 0.278. The summed E-state index contributed by atoms with van der Waals surface area (Å²) in [5.41, 5.74) is 0. The molecule has 4 atom stereocenters. The van der Waals surface area contributed by atoms with Crippen LogP contribution in [-0.2, 0) is 9.47 Å². The maximum atomic E-state index is 10.0. The smallest absolute Gasteiger partial charge is 0.114 e. The second-order valence-electron chi connectivity index (χ2n) is 7.68. The van der Waals surface area contributed by atoms with Crippen molar-refractivity contribution in [1.29, 1.82) is 0 Å². The third-order valence-corrected chi connectivity index (χ3v) is 5.24. The van der Waals surface area contributed by atoms with Crippen LogP contribution in [0, 0.1) is 0 Å². The van der Waals surface area contributed by atoms with Gasteiger partial charge in [-0.1, -0.05) is 76.9 Å². The van der Waals surface area contributed by atoms with Gasteiger partial charge in [0.25, 0.3) is 0 Å². The molecule has 1 rings (SSSR count). The van der Waals surface area contributed by atoms with Crippen molar-refractivity contribution in [2.75, 3.05) is 19.8 Å². The molecule has 160 valence electrons. The van der Waals surface area contributed by atoms with E-state index in [-0.39, 0.29) is 13.2 Å². The largest absolute Gasteiger partial charge is 0.394 e. The van der Waals surface area contributed by atoms with Crippen LogP contribution in [0.1, 0.15) is 84.0 Å². The van der Waals surface area contributed by atoms with E-state index in [1.54, 1.807) is 0 Å². The van der Waals surface area contributed by atoms with E-state index >= 15 is 0 Å². The van der Waals surface area contributed by atoms with Crippen molar-refractivity contribution in [2.45, 2.75) is 108 Å². The summed E-state index contributed by atoms with van der Waals surface area (Å²) in [7, 11) is 0. The van der Waals surface area contributed by atoms with E-state index in [1.165, 1.54) is 64.2 Å². The fourth-order valence-electron chi connectivity index (χ4n) is 3.48. The minimum absolute atomic E-state index is 0.0849. The Morgan fingerprint density at radius 2 is 1.48 bits per heavy atom. The molecule has 0 saturated carbocycles. The molecule has 3 N–H and O–H groups in total. The fraction of sp³-hybridized carbons (Fsp3) is 0.909. The number of hydrogen-bond acceptors (Lipinski definition) is 5. The number of hydrogen-bond donors (Lipinski definition) is 3. The van der Waals surface area contributed by atoms with Crippen molar-refractivity contribution >= 4 is 0 Å². The van der Waals surface area contributed by atoms with Gasteiger partial charge in [-0.3, -0.25) is 0 Å². The molecule has 1 aliphatic rings. The molecule has 0 unspecified atom stereocenters. The first-order valence-electron chi connectivity index (χ1n) is 11.1. The van der Waals surface area contributed by atoms with Crippen molar-refractivity contribution in [2.24, 2.45) is 0 Å². The topological polar surface area (TPSA) is 79.2 Å². The molecule has 0 aromatic carbocycles. The molecule has 1 saturated heterocycles. The van der Waals surface area contributed by atoms with Gasteiger partial charge in [-0.25, -0.2) is 0 Å². The highest BCUT2D eigenvalue weighted by Crippen LogP contribution is 2.18. The summed E-state index contributed by atoms with van der Waals surface area (Å²) < 4.78 is 10.8. The zero-order valence-corrected chi connectivity index (χ0v) is 17.2. The van der Waals surface area contributed by atoms with Crippen LogP contribution >= 0.6 is 0 Å². The molecule has 0 aromatic heterocycles. The average Bonchev–Trinajstić information content (AvgIpc) is 2.67. The molecule has 1 aliphatic heterocycles. The monoisotopic (exact) mass is 386 g/mol. The summed E-state index contributed by atoms with van der Waals surface area (Å²) in [5, 5.41) is 29.0. The summed E-state index contributed by atoms with van der Waals surface area (Å²) in [6.45, 7) is 2.52. The van der Waals surface area contributed by atoms with E-state index < -0.39 is 24.4 Å². The van der Waals surface area contributed by atoms with E-state index in [4.69, 9.17) is 14.6 Å². The Hall–Kier alpha value is -0.460. The van der Waals surface area contributed by atoms with Gasteiger partial charge in [-0.15, -0.1) is 0 Å². The lowest BCUT2D eigenvalue weighted by Gasteiger charge is -2.37. The number of unbranched alkanes of at least 4 members (excludes halogenated alkanes) is 10. The number of ether oxygens (including phenoxy) is 2. The highest BCUT2D eigenvalue weighted by Gasteiger charge is 2.38. The second-order valence-corrected chi connectivity index (χ2v) is 7.68. The van der Waals surface area contributed by atoms with E-state index in [0.29, 0.717) is 6.61 Å². The minimum Gasteiger partial charge on any atom is -0.394 e. The Morgan fingerprint density at radius 1 is 0.889 bits per heavy atom. The fourth-order valence-corrected chi connectivity index (χ4v) is 3.48. The van der Waals surface area contributed by atoms with Crippen molar-refractivity contribution in [1.82, 2.24) is 0 Å². The number of rotatable bonds is 16. The molecule has 1 heterocycles. The average molecular weight is 387 g/mol. The molecular formula is C22H42O5. The first-order valence-corrected chi connectivity index (χ1v) is 11.1. The first-order chi connectivity index (χ1) is 13.2. The van der Waals surface area contributed by atoms with Crippen LogP contribution in [0.5, 0.6) is 0 Å². The van der Waals surface area contributed by atoms with E-state index in [2.05, 4.69) is 19.1 Å². The molecular weight excluding hydrogens is 344 g/mol. The van der Waals surface area contributed by atoms with Crippen molar-refractivity contribution in [3.05, 3.63) is 12.2 Å². The lowest BCUT2D eigenvalue weighted by molar-refractivity contribution is -0.210. The predicted molar refractivity (Wildman–Crippen MR) is 109 cm³/mol. The summed E-state index contributed by atoms with van der Waals surface area (Å²) in [6.07, 6.45) is 16.5. The lowest BCUT2D eigenvalue weighted by atomic mass is 10.0. The summed E-state index contributed by atoms with van der Waals surface area (Å²) in [5.74, 6) is 0. The molecule has 0 aromatic rings. The van der Waals surface area contributed by atoms with Gasteiger partial charge in [0, 0.05) is 0 Å². The van der Waals surface area contributed by atoms with Crippen LogP contribution in [0.15, 0.2) is 12.2 Å². The van der Waals surface area contributed by atoms with Gasteiger partial charge in [0.1, 0.15) is 24.4 Å². The van der Waals surface area contributed by atoms with Crippen LogP contribution in [0.4, 0.5) is 0 Å². The Bertz CT molecular complexity index is 361. The highest BCUT2D eigenvalue weighted by atomic mass is 16.6. The van der Waals surface area contributed by atoms with Crippen LogP contribution in [0.2, 0.25) is 0 Å². The molecule has 0 bridgehead atoms. The van der Waals surface area contributed by atoms with Crippen LogP contribution in [-0.4, -0.2) is 59.6 Å². The van der Waals surface area contributed by atoms with Crippen molar-refractivity contribution < 1.29 is 24.8 Å². The minimum atomic E-state index is -0.991. The maximum Gasteiger partial charge on any atom is 0.114 e. The van der Waals surface area contributed by atoms with Crippen LogP contribution in [0.25, 0.3) is 0 Å². The molecule has 0 spiro atoms. The Balaban J connectivity index is 1.93. The van der Waals surface area contributed by atoms with Gasteiger partial charge in [0.05, 0.1) is 19.8 Å². The molecule has 1 fully saturated rings. The highest BCUT2D eigenvalue weighted by molar-refractivity contribution is 4.88. The zero-order chi connectivity index (χ0) is 19.7. The van der Waals surface area contributed by atoms with Crippen molar-refractivity contribution in [3.8, 4) is 0 Å². The molecule has 0 amide bonds. The summed E-state index contributed by atoms with van der Waals surface area (Å²) in [4.78, 5) is 0. The number of aliphatic hydroxyl groups is 3. The van der Waals surface area contributed by atoms with Gasteiger partial charge in [-0.2, -0.15) is 0 Å². The Morgan fingerprint density at radius 3 is 2.11 bits per heavy atom. The molecule has 5 heteroatoms. The van der Waals surface area contributed by atoms with E-state index in [0.717, 1.165) is 12.8 Å².